The molecule has 0 unspecified atom stereocenters. The number of methoxy groups -OCH3 is 1. The average Bonchev–Trinajstić information content (AvgIpc) is 3.10. The van der Waals surface area contributed by atoms with Crippen molar-refractivity contribution in [3.63, 3.8) is 0 Å². The van der Waals surface area contributed by atoms with Crippen molar-refractivity contribution >= 4 is 31.0 Å². The van der Waals surface area contributed by atoms with Crippen LogP contribution in [0.2, 0.25) is 25.7 Å². The molecular formula is C22H26N2O6Si. The molecule has 0 saturated heterocycles. The number of carbonyl (C=O) groups excluding carboxylic acids is 1. The third kappa shape index (κ3) is 4.94. The number of carboxylic acid groups (broad SMARTS) is 1. The van der Waals surface area contributed by atoms with Crippen LogP contribution in [0.25, 0.3) is 22.2 Å². The maximum atomic E-state index is 13.2. The number of aromatic nitrogens is 2. The van der Waals surface area contributed by atoms with Crippen molar-refractivity contribution in [2.75, 3.05) is 13.7 Å². The Balaban J connectivity index is 2.11. The van der Waals surface area contributed by atoms with E-state index < -0.39 is 25.7 Å². The van der Waals surface area contributed by atoms with Gasteiger partial charge in [0.25, 0.3) is 5.56 Å². The molecule has 0 atom stereocenters. The minimum absolute atomic E-state index is 0.0472. The van der Waals surface area contributed by atoms with Gasteiger partial charge in [-0.05, 0) is 24.2 Å². The van der Waals surface area contributed by atoms with Crippen LogP contribution in [0, 0.1) is 0 Å². The quantitative estimate of drug-likeness (QED) is 0.336. The minimum atomic E-state index is -1.30. The van der Waals surface area contributed by atoms with E-state index in [1.807, 2.05) is 0 Å². The summed E-state index contributed by atoms with van der Waals surface area (Å²) in [6, 6.07) is 10.8. The Morgan fingerprint density at radius 1 is 1.13 bits per heavy atom. The number of hydrogen-bond donors (Lipinski definition) is 1. The number of ether oxygens (including phenoxy) is 2. The van der Waals surface area contributed by atoms with Crippen molar-refractivity contribution in [2.24, 2.45) is 0 Å². The first-order valence-electron chi connectivity index (χ1n) is 9.87. The molecule has 1 N–H and O–H groups in total. The first kappa shape index (κ1) is 22.5. The van der Waals surface area contributed by atoms with Gasteiger partial charge in [-0.3, -0.25) is 9.36 Å². The lowest BCUT2D eigenvalue weighted by Gasteiger charge is -2.16. The summed E-state index contributed by atoms with van der Waals surface area (Å²) in [5, 5.41) is 10.5. The van der Waals surface area contributed by atoms with Crippen LogP contribution in [0.5, 0.6) is 0 Å². The predicted molar refractivity (Wildman–Crippen MR) is 121 cm³/mol. The van der Waals surface area contributed by atoms with Gasteiger partial charge in [0.05, 0.1) is 29.4 Å². The van der Waals surface area contributed by atoms with Gasteiger partial charge in [0.15, 0.2) is 0 Å². The molecule has 3 aromatic rings. The Kier molecular flexibility index (Phi) is 6.47. The summed E-state index contributed by atoms with van der Waals surface area (Å²) in [4.78, 5) is 37.4. The van der Waals surface area contributed by atoms with Gasteiger partial charge in [-0.25, -0.2) is 14.2 Å². The largest absolute Gasteiger partial charge is 0.465 e. The van der Waals surface area contributed by atoms with Crippen molar-refractivity contribution in [1.82, 2.24) is 9.13 Å². The van der Waals surface area contributed by atoms with Crippen LogP contribution in [0.1, 0.15) is 10.4 Å². The summed E-state index contributed by atoms with van der Waals surface area (Å²) >= 11 is 0. The molecule has 0 aliphatic carbocycles. The third-order valence-electron chi connectivity index (χ3n) is 4.91. The van der Waals surface area contributed by atoms with Gasteiger partial charge in [0.1, 0.15) is 6.73 Å². The Labute approximate surface area is 180 Å². The molecule has 2 aromatic heterocycles. The number of pyridine rings is 1. The molecule has 0 amide bonds. The van der Waals surface area contributed by atoms with Gasteiger partial charge in [-0.15, -0.1) is 0 Å². The monoisotopic (exact) mass is 442 g/mol. The molecule has 3 rings (SSSR count). The summed E-state index contributed by atoms with van der Waals surface area (Å²) < 4.78 is 12.8. The maximum Gasteiger partial charge on any atom is 0.416 e. The molecule has 0 aliphatic heterocycles. The molecule has 0 fully saturated rings. The highest BCUT2D eigenvalue weighted by atomic mass is 28.3. The minimum Gasteiger partial charge on any atom is -0.465 e. The average molecular weight is 443 g/mol. The van der Waals surface area contributed by atoms with Crippen LogP contribution in [-0.2, 0) is 16.2 Å². The van der Waals surface area contributed by atoms with Crippen molar-refractivity contribution in [2.45, 2.75) is 32.4 Å². The van der Waals surface area contributed by atoms with E-state index in [9.17, 15) is 19.5 Å². The van der Waals surface area contributed by atoms with Crippen molar-refractivity contribution in [1.29, 1.82) is 0 Å². The molecule has 9 heteroatoms. The van der Waals surface area contributed by atoms with Crippen molar-refractivity contribution in [3.05, 3.63) is 58.5 Å². The maximum absolute atomic E-state index is 13.2. The molecule has 0 bridgehead atoms. The Morgan fingerprint density at radius 3 is 2.48 bits per heavy atom. The van der Waals surface area contributed by atoms with Gasteiger partial charge in [-0.1, -0.05) is 37.8 Å². The fourth-order valence-corrected chi connectivity index (χ4v) is 4.00. The van der Waals surface area contributed by atoms with Crippen LogP contribution in [-0.4, -0.2) is 48.1 Å². The number of hydrogen-bond acceptors (Lipinski definition) is 5. The summed E-state index contributed by atoms with van der Waals surface area (Å²) in [5.41, 5.74) is 0.389. The third-order valence-corrected chi connectivity index (χ3v) is 6.62. The standard InChI is InChI=1S/C22H26N2O6Si/c1-29-21(26)16-11-17(20(25)23(13-16)14-30-9-10-31(2,3)4)19-12-15-7-5-6-8-18(15)24(19)22(27)28/h5-8,11-13H,9-10,14H2,1-4H3,(H,27,28). The van der Waals surface area contributed by atoms with Crippen LogP contribution >= 0.6 is 0 Å². The highest BCUT2D eigenvalue weighted by Gasteiger charge is 2.21. The number of rotatable bonds is 7. The second kappa shape index (κ2) is 8.91. The van der Waals surface area contributed by atoms with Crippen molar-refractivity contribution in [3.8, 4) is 11.3 Å². The SMILES string of the molecule is COC(=O)c1cc(-c2cc3ccccc3n2C(=O)O)c(=O)n(COCC[Si](C)(C)C)c1. The lowest BCUT2D eigenvalue weighted by atomic mass is 10.1. The predicted octanol–water partition coefficient (Wildman–Crippen LogP) is 4.10. The second-order valence-electron chi connectivity index (χ2n) is 8.46. The summed E-state index contributed by atoms with van der Waals surface area (Å²) in [6.45, 7) is 7.12. The number of fused-ring (bicyclic) bond motifs is 1. The zero-order valence-electron chi connectivity index (χ0n) is 18.0. The van der Waals surface area contributed by atoms with Crippen LogP contribution in [0.3, 0.4) is 0 Å². The normalized spacial score (nSPS) is 11.6. The highest BCUT2D eigenvalue weighted by molar-refractivity contribution is 6.76. The number of nitrogens with zero attached hydrogens (tertiary/aromatic N) is 2. The molecule has 31 heavy (non-hydrogen) atoms. The van der Waals surface area contributed by atoms with E-state index in [1.54, 1.807) is 30.3 Å². The van der Waals surface area contributed by atoms with Crippen LogP contribution in [0.15, 0.2) is 47.4 Å². The Morgan fingerprint density at radius 2 is 1.84 bits per heavy atom. The van der Waals surface area contributed by atoms with E-state index in [-0.39, 0.29) is 23.6 Å². The van der Waals surface area contributed by atoms with Crippen LogP contribution < -0.4 is 5.56 Å². The van der Waals surface area contributed by atoms with Gasteiger partial charge in [0.2, 0.25) is 0 Å². The number of para-hydroxylation sites is 1. The fraction of sp³-hybridized carbons (Fsp3) is 0.318. The van der Waals surface area contributed by atoms with E-state index in [1.165, 1.54) is 23.9 Å². The topological polar surface area (TPSA) is 99.8 Å². The van der Waals surface area contributed by atoms with Crippen LogP contribution in [0.4, 0.5) is 4.79 Å². The molecule has 0 saturated carbocycles. The molecule has 2 heterocycles. The van der Waals surface area contributed by atoms with Gasteiger partial charge in [0, 0.05) is 26.3 Å². The highest BCUT2D eigenvalue weighted by Crippen LogP contribution is 2.27. The number of esters is 1. The van der Waals surface area contributed by atoms with Gasteiger partial charge >= 0.3 is 12.1 Å². The molecule has 0 spiro atoms. The van der Waals surface area contributed by atoms with Gasteiger partial charge < -0.3 is 14.6 Å². The summed E-state index contributed by atoms with van der Waals surface area (Å²) in [6.07, 6.45) is 0.150. The van der Waals surface area contributed by atoms with E-state index in [4.69, 9.17) is 9.47 Å². The Hall–Kier alpha value is -3.17. The Bertz CT molecular complexity index is 1190. The molecule has 164 valence electrons. The molecule has 8 nitrogen and oxygen atoms in total. The molecule has 1 aromatic carbocycles. The zero-order chi connectivity index (χ0) is 22.8. The first-order chi connectivity index (χ1) is 14.6. The van der Waals surface area contributed by atoms with E-state index in [2.05, 4.69) is 19.6 Å². The van der Waals surface area contributed by atoms with E-state index >= 15 is 0 Å². The van der Waals surface area contributed by atoms with E-state index in [0.29, 0.717) is 17.5 Å². The number of carbonyl (C=O) groups is 2. The summed E-state index contributed by atoms with van der Waals surface area (Å²) in [5.74, 6) is -0.630. The zero-order valence-corrected chi connectivity index (χ0v) is 19.0. The summed E-state index contributed by atoms with van der Waals surface area (Å²) in [7, 11) is -0.0551. The molecule has 0 radical (unpaired) electrons. The van der Waals surface area contributed by atoms with E-state index in [0.717, 1.165) is 10.6 Å². The molecular weight excluding hydrogens is 416 g/mol. The fourth-order valence-electron chi connectivity index (χ4n) is 3.24. The number of benzene rings is 1. The lowest BCUT2D eigenvalue weighted by Crippen LogP contribution is -2.27. The molecule has 0 aliphatic rings. The lowest BCUT2D eigenvalue weighted by molar-refractivity contribution is 0.0595. The van der Waals surface area contributed by atoms with Gasteiger partial charge in [-0.2, -0.15) is 0 Å². The van der Waals surface area contributed by atoms with Crippen molar-refractivity contribution < 1.29 is 24.2 Å². The second-order valence-corrected chi connectivity index (χ2v) is 14.1. The first-order valence-corrected chi connectivity index (χ1v) is 13.6. The smallest absolute Gasteiger partial charge is 0.416 e.